The molecule has 0 N–H and O–H groups in total. The largest absolute Gasteiger partial charge is 0.378 e. The van der Waals surface area contributed by atoms with Crippen molar-refractivity contribution in [2.75, 3.05) is 31.2 Å². The highest BCUT2D eigenvalue weighted by molar-refractivity contribution is 6.06. The van der Waals surface area contributed by atoms with Crippen LogP contribution < -0.4 is 4.90 Å². The Morgan fingerprint density at radius 3 is 2.34 bits per heavy atom. The molecule has 6 heteroatoms. The van der Waals surface area contributed by atoms with Crippen LogP contribution in [0.25, 0.3) is 0 Å². The molecule has 3 aromatic carbocycles. The van der Waals surface area contributed by atoms with Crippen LogP contribution in [0.4, 0.5) is 10.1 Å². The standard InChI is InChI=1S/C26H25FN2O3/c27-23-10-5-9-22(18-23)26(31)29(19-20-6-2-1-3-7-20)24-11-4-8-21(16-24)17-25(30)28-12-14-32-15-13-28/h1-11,16,18H,12-15,17,19H2. The summed E-state index contributed by atoms with van der Waals surface area (Å²) in [6.07, 6.45) is 0.251. The van der Waals surface area contributed by atoms with Crippen LogP contribution in [0.1, 0.15) is 21.5 Å². The molecule has 0 unspecified atom stereocenters. The number of carbonyl (C=O) groups excluding carboxylic acids is 2. The van der Waals surface area contributed by atoms with Crippen molar-refractivity contribution in [3.8, 4) is 0 Å². The fourth-order valence-electron chi connectivity index (χ4n) is 3.76. The number of hydrogen-bond acceptors (Lipinski definition) is 3. The van der Waals surface area contributed by atoms with Crippen LogP contribution >= 0.6 is 0 Å². The summed E-state index contributed by atoms with van der Waals surface area (Å²) < 4.78 is 19.1. The Morgan fingerprint density at radius 2 is 1.59 bits per heavy atom. The van der Waals surface area contributed by atoms with Gasteiger partial charge in [-0.15, -0.1) is 0 Å². The Morgan fingerprint density at radius 1 is 0.875 bits per heavy atom. The van der Waals surface area contributed by atoms with E-state index in [1.807, 2.05) is 54.6 Å². The maximum Gasteiger partial charge on any atom is 0.258 e. The van der Waals surface area contributed by atoms with Crippen molar-refractivity contribution >= 4 is 17.5 Å². The van der Waals surface area contributed by atoms with Gasteiger partial charge in [-0.1, -0.05) is 48.5 Å². The zero-order chi connectivity index (χ0) is 22.3. The number of hydrogen-bond donors (Lipinski definition) is 0. The number of ether oxygens (including phenoxy) is 1. The second kappa shape index (κ2) is 10.2. The molecular formula is C26H25FN2O3. The van der Waals surface area contributed by atoms with Gasteiger partial charge in [-0.3, -0.25) is 9.59 Å². The highest BCUT2D eigenvalue weighted by atomic mass is 19.1. The molecule has 0 radical (unpaired) electrons. The first kappa shape index (κ1) is 21.7. The summed E-state index contributed by atoms with van der Waals surface area (Å²) in [5.74, 6) is -0.720. The lowest BCUT2D eigenvalue weighted by molar-refractivity contribution is -0.134. The molecule has 0 aromatic heterocycles. The van der Waals surface area contributed by atoms with Crippen molar-refractivity contribution in [2.45, 2.75) is 13.0 Å². The van der Waals surface area contributed by atoms with E-state index < -0.39 is 5.82 Å². The van der Waals surface area contributed by atoms with Gasteiger partial charge in [-0.05, 0) is 41.5 Å². The lowest BCUT2D eigenvalue weighted by atomic mass is 10.1. The smallest absolute Gasteiger partial charge is 0.258 e. The third-order valence-corrected chi connectivity index (χ3v) is 5.44. The fourth-order valence-corrected chi connectivity index (χ4v) is 3.76. The van der Waals surface area contributed by atoms with Crippen molar-refractivity contribution in [1.82, 2.24) is 4.90 Å². The topological polar surface area (TPSA) is 49.9 Å². The van der Waals surface area contributed by atoms with Gasteiger partial charge in [0, 0.05) is 24.3 Å². The monoisotopic (exact) mass is 432 g/mol. The first-order chi connectivity index (χ1) is 15.6. The van der Waals surface area contributed by atoms with E-state index in [0.29, 0.717) is 38.5 Å². The fraction of sp³-hybridized carbons (Fsp3) is 0.231. The predicted octanol–water partition coefficient (Wildman–Crippen LogP) is 4.07. The van der Waals surface area contributed by atoms with Gasteiger partial charge in [-0.2, -0.15) is 0 Å². The number of morpholine rings is 1. The van der Waals surface area contributed by atoms with E-state index in [9.17, 15) is 14.0 Å². The summed E-state index contributed by atoms with van der Waals surface area (Å²) in [7, 11) is 0. The van der Waals surface area contributed by atoms with Crippen molar-refractivity contribution in [1.29, 1.82) is 0 Å². The maximum absolute atomic E-state index is 13.8. The van der Waals surface area contributed by atoms with Crippen LogP contribution in [0.2, 0.25) is 0 Å². The van der Waals surface area contributed by atoms with E-state index in [1.54, 1.807) is 15.9 Å². The van der Waals surface area contributed by atoms with Crippen LogP contribution in [-0.2, 0) is 22.5 Å². The van der Waals surface area contributed by atoms with E-state index in [2.05, 4.69) is 0 Å². The van der Waals surface area contributed by atoms with Crippen LogP contribution in [-0.4, -0.2) is 43.0 Å². The Bertz CT molecular complexity index is 1080. The Hall–Kier alpha value is -3.51. The van der Waals surface area contributed by atoms with Crippen molar-refractivity contribution in [3.05, 3.63) is 101 Å². The normalized spacial score (nSPS) is 13.6. The van der Waals surface area contributed by atoms with E-state index in [1.165, 1.54) is 18.2 Å². The number of carbonyl (C=O) groups is 2. The zero-order valence-electron chi connectivity index (χ0n) is 17.7. The van der Waals surface area contributed by atoms with Crippen LogP contribution in [0.5, 0.6) is 0 Å². The van der Waals surface area contributed by atoms with Gasteiger partial charge in [-0.25, -0.2) is 4.39 Å². The summed E-state index contributed by atoms with van der Waals surface area (Å²) in [5.41, 5.74) is 2.71. The molecular weight excluding hydrogens is 407 g/mol. The average Bonchev–Trinajstić information content (AvgIpc) is 2.83. The number of amides is 2. The Balaban J connectivity index is 1.61. The average molecular weight is 432 g/mol. The molecule has 0 atom stereocenters. The highest BCUT2D eigenvalue weighted by Crippen LogP contribution is 2.23. The van der Waals surface area contributed by atoms with Gasteiger partial charge in [0.25, 0.3) is 5.91 Å². The minimum Gasteiger partial charge on any atom is -0.378 e. The lowest BCUT2D eigenvalue weighted by Gasteiger charge is -2.27. The van der Waals surface area contributed by atoms with Gasteiger partial charge in [0.15, 0.2) is 0 Å². The quantitative estimate of drug-likeness (QED) is 0.590. The molecule has 0 bridgehead atoms. The zero-order valence-corrected chi connectivity index (χ0v) is 17.7. The predicted molar refractivity (Wildman–Crippen MR) is 121 cm³/mol. The van der Waals surface area contributed by atoms with E-state index in [-0.39, 0.29) is 23.8 Å². The molecule has 4 rings (SSSR count). The molecule has 5 nitrogen and oxygen atoms in total. The van der Waals surface area contributed by atoms with Crippen LogP contribution in [0.3, 0.4) is 0 Å². The van der Waals surface area contributed by atoms with E-state index in [0.717, 1.165) is 11.1 Å². The SMILES string of the molecule is O=C(Cc1cccc(N(Cc2ccccc2)C(=O)c2cccc(F)c2)c1)N1CCOCC1. The summed E-state index contributed by atoms with van der Waals surface area (Å²) in [4.78, 5) is 29.5. The van der Waals surface area contributed by atoms with Gasteiger partial charge in [0.05, 0.1) is 26.2 Å². The van der Waals surface area contributed by atoms with Gasteiger partial charge in [0.2, 0.25) is 5.91 Å². The molecule has 1 fully saturated rings. The summed E-state index contributed by atoms with van der Waals surface area (Å²) in [6.45, 7) is 2.63. The molecule has 0 aliphatic carbocycles. The summed E-state index contributed by atoms with van der Waals surface area (Å²) in [6, 6.07) is 22.7. The Labute approximate surface area is 187 Å². The number of rotatable bonds is 6. The van der Waals surface area contributed by atoms with Crippen molar-refractivity contribution in [2.24, 2.45) is 0 Å². The second-order valence-electron chi connectivity index (χ2n) is 7.73. The molecule has 3 aromatic rings. The van der Waals surface area contributed by atoms with Crippen molar-refractivity contribution < 1.29 is 18.7 Å². The van der Waals surface area contributed by atoms with Crippen LogP contribution in [0, 0.1) is 5.82 Å². The third-order valence-electron chi connectivity index (χ3n) is 5.44. The minimum absolute atomic E-state index is 0.0384. The van der Waals surface area contributed by atoms with E-state index in [4.69, 9.17) is 4.74 Å². The molecule has 1 aliphatic heterocycles. The second-order valence-corrected chi connectivity index (χ2v) is 7.73. The number of benzene rings is 3. The molecule has 0 saturated carbocycles. The molecule has 32 heavy (non-hydrogen) atoms. The first-order valence-corrected chi connectivity index (χ1v) is 10.7. The molecule has 164 valence electrons. The number of nitrogens with zero attached hydrogens (tertiary/aromatic N) is 2. The summed E-state index contributed by atoms with van der Waals surface area (Å²) in [5, 5.41) is 0. The van der Waals surface area contributed by atoms with Gasteiger partial charge < -0.3 is 14.5 Å². The molecule has 1 heterocycles. The first-order valence-electron chi connectivity index (χ1n) is 10.7. The molecule has 1 aliphatic rings. The van der Waals surface area contributed by atoms with E-state index >= 15 is 0 Å². The summed E-state index contributed by atoms with van der Waals surface area (Å²) >= 11 is 0. The number of halogens is 1. The van der Waals surface area contributed by atoms with Gasteiger partial charge in [0.1, 0.15) is 5.82 Å². The molecule has 2 amide bonds. The number of anilines is 1. The Kier molecular flexibility index (Phi) is 6.92. The molecule has 0 spiro atoms. The third kappa shape index (κ3) is 5.39. The lowest BCUT2D eigenvalue weighted by Crippen LogP contribution is -2.41. The van der Waals surface area contributed by atoms with Gasteiger partial charge >= 0.3 is 0 Å². The van der Waals surface area contributed by atoms with Crippen LogP contribution in [0.15, 0.2) is 78.9 Å². The van der Waals surface area contributed by atoms with Crippen molar-refractivity contribution in [3.63, 3.8) is 0 Å². The highest BCUT2D eigenvalue weighted by Gasteiger charge is 2.21. The maximum atomic E-state index is 13.8. The molecule has 1 saturated heterocycles. The minimum atomic E-state index is -0.458.